The van der Waals surface area contributed by atoms with Gasteiger partial charge in [-0.3, -0.25) is 0 Å². The lowest BCUT2D eigenvalue weighted by Crippen LogP contribution is -2.05. The van der Waals surface area contributed by atoms with E-state index in [1.54, 1.807) is 0 Å². The van der Waals surface area contributed by atoms with Crippen molar-refractivity contribution in [1.82, 2.24) is 0 Å². The molecule has 94 valence electrons. The van der Waals surface area contributed by atoms with Crippen molar-refractivity contribution >= 4 is 5.69 Å². The van der Waals surface area contributed by atoms with Crippen LogP contribution in [0.5, 0.6) is 0 Å². The third kappa shape index (κ3) is 2.67. The fourth-order valence-electron chi connectivity index (χ4n) is 1.94. The highest BCUT2D eigenvalue weighted by atomic mass is 19.1. The molecule has 0 unspecified atom stereocenters. The molecule has 0 saturated carbocycles. The van der Waals surface area contributed by atoms with Crippen molar-refractivity contribution in [2.75, 3.05) is 5.32 Å². The first-order chi connectivity index (χ1) is 8.58. The molecular formula is C15H15F2N. The molecule has 18 heavy (non-hydrogen) atoms. The van der Waals surface area contributed by atoms with E-state index >= 15 is 0 Å². The quantitative estimate of drug-likeness (QED) is 0.857. The summed E-state index contributed by atoms with van der Waals surface area (Å²) in [6.07, 6.45) is 0. The molecular weight excluding hydrogens is 232 g/mol. The Balaban J connectivity index is 2.19. The standard InChI is InChI=1S/C15H15F2N/c1-10-4-3-5-11(2)13(10)9-18-15-8-12(16)6-7-14(15)17/h3-8,18H,9H2,1-2H3. The number of benzene rings is 2. The van der Waals surface area contributed by atoms with E-state index in [0.29, 0.717) is 6.54 Å². The first kappa shape index (κ1) is 12.6. The normalized spacial score (nSPS) is 10.4. The summed E-state index contributed by atoms with van der Waals surface area (Å²) in [5, 5.41) is 2.94. The largest absolute Gasteiger partial charge is 0.378 e. The van der Waals surface area contributed by atoms with Crippen molar-refractivity contribution in [3.8, 4) is 0 Å². The lowest BCUT2D eigenvalue weighted by molar-refractivity contribution is 0.602. The number of hydrogen-bond donors (Lipinski definition) is 1. The molecule has 2 aromatic rings. The highest BCUT2D eigenvalue weighted by Crippen LogP contribution is 2.19. The van der Waals surface area contributed by atoms with E-state index in [-0.39, 0.29) is 5.69 Å². The predicted octanol–water partition coefficient (Wildman–Crippen LogP) is 4.19. The second-order valence-corrected chi connectivity index (χ2v) is 4.35. The van der Waals surface area contributed by atoms with E-state index in [9.17, 15) is 8.78 Å². The van der Waals surface area contributed by atoms with Crippen molar-refractivity contribution in [3.63, 3.8) is 0 Å². The average Bonchev–Trinajstić information content (AvgIpc) is 2.33. The van der Waals surface area contributed by atoms with E-state index in [1.807, 2.05) is 32.0 Å². The number of anilines is 1. The summed E-state index contributed by atoms with van der Waals surface area (Å²) >= 11 is 0. The van der Waals surface area contributed by atoms with E-state index in [2.05, 4.69) is 5.32 Å². The summed E-state index contributed by atoms with van der Waals surface area (Å²) in [5.41, 5.74) is 3.58. The second-order valence-electron chi connectivity index (χ2n) is 4.35. The van der Waals surface area contributed by atoms with Gasteiger partial charge in [0, 0.05) is 6.54 Å². The highest BCUT2D eigenvalue weighted by molar-refractivity contribution is 5.46. The zero-order valence-electron chi connectivity index (χ0n) is 10.4. The van der Waals surface area contributed by atoms with Gasteiger partial charge in [0.25, 0.3) is 0 Å². The minimum absolute atomic E-state index is 0.192. The van der Waals surface area contributed by atoms with Crippen LogP contribution in [-0.4, -0.2) is 0 Å². The average molecular weight is 247 g/mol. The Morgan fingerprint density at radius 2 is 1.67 bits per heavy atom. The summed E-state index contributed by atoms with van der Waals surface area (Å²) < 4.78 is 26.5. The van der Waals surface area contributed by atoms with Gasteiger partial charge in [0.05, 0.1) is 5.69 Å². The lowest BCUT2D eigenvalue weighted by Gasteiger charge is -2.12. The Bertz CT molecular complexity index is 544. The maximum atomic E-state index is 13.4. The summed E-state index contributed by atoms with van der Waals surface area (Å²) in [4.78, 5) is 0. The smallest absolute Gasteiger partial charge is 0.146 e. The fourth-order valence-corrected chi connectivity index (χ4v) is 1.94. The minimum Gasteiger partial charge on any atom is -0.378 e. The van der Waals surface area contributed by atoms with Gasteiger partial charge in [-0.25, -0.2) is 8.78 Å². The molecule has 0 radical (unpaired) electrons. The molecule has 0 heterocycles. The summed E-state index contributed by atoms with van der Waals surface area (Å²) in [7, 11) is 0. The molecule has 0 atom stereocenters. The molecule has 2 rings (SSSR count). The molecule has 1 nitrogen and oxygen atoms in total. The molecule has 0 amide bonds. The molecule has 0 aliphatic carbocycles. The first-order valence-electron chi connectivity index (χ1n) is 5.82. The Morgan fingerprint density at radius 1 is 1.00 bits per heavy atom. The zero-order valence-corrected chi connectivity index (χ0v) is 10.4. The Kier molecular flexibility index (Phi) is 3.60. The third-order valence-corrected chi connectivity index (χ3v) is 3.03. The van der Waals surface area contributed by atoms with Crippen molar-refractivity contribution < 1.29 is 8.78 Å². The molecule has 1 N–H and O–H groups in total. The van der Waals surface area contributed by atoms with Gasteiger partial charge in [0.1, 0.15) is 11.6 Å². The number of halogens is 2. The van der Waals surface area contributed by atoms with Crippen LogP contribution in [0.4, 0.5) is 14.5 Å². The van der Waals surface area contributed by atoms with Gasteiger partial charge in [-0.2, -0.15) is 0 Å². The van der Waals surface area contributed by atoms with Gasteiger partial charge < -0.3 is 5.32 Å². The van der Waals surface area contributed by atoms with Crippen LogP contribution in [-0.2, 0) is 6.54 Å². The van der Waals surface area contributed by atoms with Crippen LogP contribution in [0, 0.1) is 25.5 Å². The monoisotopic (exact) mass is 247 g/mol. The van der Waals surface area contributed by atoms with Crippen molar-refractivity contribution in [2.24, 2.45) is 0 Å². The molecule has 3 heteroatoms. The maximum absolute atomic E-state index is 13.4. The van der Waals surface area contributed by atoms with Crippen molar-refractivity contribution in [1.29, 1.82) is 0 Å². The SMILES string of the molecule is Cc1cccc(C)c1CNc1cc(F)ccc1F. The third-order valence-electron chi connectivity index (χ3n) is 3.03. The molecule has 0 fully saturated rings. The Morgan fingerprint density at radius 3 is 2.33 bits per heavy atom. The van der Waals surface area contributed by atoms with Crippen LogP contribution >= 0.6 is 0 Å². The summed E-state index contributed by atoms with van der Waals surface area (Å²) in [5.74, 6) is -0.886. The Labute approximate surface area is 105 Å². The lowest BCUT2D eigenvalue weighted by atomic mass is 10.0. The van der Waals surface area contributed by atoms with Crippen molar-refractivity contribution in [3.05, 3.63) is 64.7 Å². The van der Waals surface area contributed by atoms with Crippen LogP contribution in [0.2, 0.25) is 0 Å². The molecule has 0 aliphatic rings. The van der Waals surface area contributed by atoms with Gasteiger partial charge >= 0.3 is 0 Å². The van der Waals surface area contributed by atoms with Gasteiger partial charge in [-0.1, -0.05) is 18.2 Å². The van der Waals surface area contributed by atoms with Crippen LogP contribution < -0.4 is 5.32 Å². The van der Waals surface area contributed by atoms with Crippen LogP contribution in [0.25, 0.3) is 0 Å². The van der Waals surface area contributed by atoms with E-state index < -0.39 is 11.6 Å². The first-order valence-corrected chi connectivity index (χ1v) is 5.82. The molecule has 0 bridgehead atoms. The fraction of sp³-hybridized carbons (Fsp3) is 0.200. The maximum Gasteiger partial charge on any atom is 0.146 e. The molecule has 2 aromatic carbocycles. The molecule has 0 spiro atoms. The predicted molar refractivity (Wildman–Crippen MR) is 69.6 cm³/mol. The highest BCUT2D eigenvalue weighted by Gasteiger charge is 2.06. The summed E-state index contributed by atoms with van der Waals surface area (Å²) in [6.45, 7) is 4.50. The van der Waals surface area contributed by atoms with E-state index in [0.717, 1.165) is 28.8 Å². The number of aryl methyl sites for hydroxylation is 2. The van der Waals surface area contributed by atoms with Crippen LogP contribution in [0.15, 0.2) is 36.4 Å². The van der Waals surface area contributed by atoms with Gasteiger partial charge in [0.15, 0.2) is 0 Å². The number of hydrogen-bond acceptors (Lipinski definition) is 1. The zero-order chi connectivity index (χ0) is 13.1. The summed E-state index contributed by atoms with van der Waals surface area (Å²) in [6, 6.07) is 9.40. The van der Waals surface area contributed by atoms with Gasteiger partial charge in [0.2, 0.25) is 0 Å². The van der Waals surface area contributed by atoms with Gasteiger partial charge in [-0.05, 0) is 48.7 Å². The van der Waals surface area contributed by atoms with Gasteiger partial charge in [-0.15, -0.1) is 0 Å². The molecule has 0 aromatic heterocycles. The number of rotatable bonds is 3. The number of nitrogens with one attached hydrogen (secondary N) is 1. The topological polar surface area (TPSA) is 12.0 Å². The van der Waals surface area contributed by atoms with E-state index in [1.165, 1.54) is 6.07 Å². The molecule has 0 saturated heterocycles. The van der Waals surface area contributed by atoms with Crippen LogP contribution in [0.3, 0.4) is 0 Å². The minimum atomic E-state index is -0.444. The Hall–Kier alpha value is -1.90. The molecule has 0 aliphatic heterocycles. The second kappa shape index (κ2) is 5.17. The van der Waals surface area contributed by atoms with Crippen molar-refractivity contribution in [2.45, 2.75) is 20.4 Å². The van der Waals surface area contributed by atoms with Crippen LogP contribution in [0.1, 0.15) is 16.7 Å². The van der Waals surface area contributed by atoms with E-state index in [4.69, 9.17) is 0 Å².